The summed E-state index contributed by atoms with van der Waals surface area (Å²) in [5.74, 6) is -1.54. The van der Waals surface area contributed by atoms with Crippen molar-refractivity contribution in [1.82, 2.24) is 9.97 Å². The third-order valence-corrected chi connectivity index (χ3v) is 4.46. The molecule has 1 atom stereocenters. The fraction of sp³-hybridized carbons (Fsp3) is 0.444. The molecule has 0 fully saturated rings. The number of aromatic nitrogens is 2. The van der Waals surface area contributed by atoms with Crippen molar-refractivity contribution in [2.45, 2.75) is 5.75 Å². The number of sulfone groups is 1. The second-order valence-corrected chi connectivity index (χ2v) is 7.44. The molecule has 1 heterocycles. The van der Waals surface area contributed by atoms with Crippen molar-refractivity contribution in [1.29, 1.82) is 0 Å². The van der Waals surface area contributed by atoms with Crippen LogP contribution in [0.2, 0.25) is 0 Å². The Morgan fingerprint density at radius 2 is 2.17 bits per heavy atom. The standard InChI is InChI=1S/C9H12N2O5S2/c1-18(15,16)3-2-17(14)5-8-7(9(12)13)4-10-6-11-8/h4,6H,2-3,5H2,1H3,(H,12,13). The molecule has 0 bridgehead atoms. The van der Waals surface area contributed by atoms with E-state index in [0.717, 1.165) is 18.8 Å². The van der Waals surface area contributed by atoms with E-state index in [9.17, 15) is 17.4 Å². The Labute approximate surface area is 107 Å². The van der Waals surface area contributed by atoms with Crippen molar-refractivity contribution in [3.05, 3.63) is 23.8 Å². The number of hydrogen-bond donors (Lipinski definition) is 1. The second-order valence-electron chi connectivity index (χ2n) is 3.61. The molecule has 9 heteroatoms. The van der Waals surface area contributed by atoms with Crippen molar-refractivity contribution in [3.63, 3.8) is 0 Å². The zero-order chi connectivity index (χ0) is 13.8. The number of nitrogens with zero attached hydrogens (tertiary/aromatic N) is 2. The van der Waals surface area contributed by atoms with E-state index in [1.54, 1.807) is 0 Å². The minimum atomic E-state index is -3.18. The molecule has 0 aromatic carbocycles. The summed E-state index contributed by atoms with van der Waals surface area (Å²) >= 11 is 0. The number of hydrogen-bond acceptors (Lipinski definition) is 6. The Hall–Kier alpha value is -1.35. The predicted molar refractivity (Wildman–Crippen MR) is 65.4 cm³/mol. The normalized spacial score (nSPS) is 13.2. The van der Waals surface area contributed by atoms with Gasteiger partial charge < -0.3 is 5.11 Å². The van der Waals surface area contributed by atoms with Crippen LogP contribution in [-0.4, -0.2) is 51.4 Å². The number of carbonyl (C=O) groups is 1. The topological polar surface area (TPSA) is 114 Å². The first-order valence-electron chi connectivity index (χ1n) is 4.84. The number of aromatic carboxylic acids is 1. The Balaban J connectivity index is 2.73. The van der Waals surface area contributed by atoms with E-state index in [0.29, 0.717) is 0 Å². The van der Waals surface area contributed by atoms with Crippen LogP contribution in [0.15, 0.2) is 12.5 Å². The first kappa shape index (κ1) is 14.7. The lowest BCUT2D eigenvalue weighted by Gasteiger charge is -2.04. The summed E-state index contributed by atoms with van der Waals surface area (Å²) in [7, 11) is -4.66. The Morgan fingerprint density at radius 3 is 2.72 bits per heavy atom. The van der Waals surface area contributed by atoms with Crippen molar-refractivity contribution in [3.8, 4) is 0 Å². The van der Waals surface area contributed by atoms with Crippen LogP contribution in [0, 0.1) is 0 Å². The van der Waals surface area contributed by atoms with E-state index in [1.807, 2.05) is 0 Å². The van der Waals surface area contributed by atoms with Gasteiger partial charge in [0.1, 0.15) is 21.7 Å². The van der Waals surface area contributed by atoms with Gasteiger partial charge in [-0.15, -0.1) is 0 Å². The lowest BCUT2D eigenvalue weighted by Crippen LogP contribution is -2.15. The molecule has 1 rings (SSSR count). The molecule has 1 aromatic rings. The maximum Gasteiger partial charge on any atom is 0.339 e. The summed E-state index contributed by atoms with van der Waals surface area (Å²) in [6.45, 7) is 0. The Kier molecular flexibility index (Phi) is 4.91. The molecule has 0 saturated heterocycles. The van der Waals surface area contributed by atoms with Crippen LogP contribution in [0.3, 0.4) is 0 Å². The second kappa shape index (κ2) is 6.01. The zero-order valence-electron chi connectivity index (χ0n) is 9.57. The maximum absolute atomic E-state index is 11.6. The molecular weight excluding hydrogens is 280 g/mol. The molecule has 0 radical (unpaired) electrons. The fourth-order valence-corrected chi connectivity index (χ4v) is 3.75. The summed E-state index contributed by atoms with van der Waals surface area (Å²) in [6.07, 6.45) is 3.34. The van der Waals surface area contributed by atoms with Gasteiger partial charge >= 0.3 is 5.97 Å². The smallest absolute Gasteiger partial charge is 0.339 e. The molecule has 0 aliphatic heterocycles. The van der Waals surface area contributed by atoms with Gasteiger partial charge in [-0.05, 0) is 0 Å². The molecule has 7 nitrogen and oxygen atoms in total. The van der Waals surface area contributed by atoms with Crippen LogP contribution < -0.4 is 0 Å². The highest BCUT2D eigenvalue weighted by atomic mass is 32.2. The molecule has 1 N–H and O–H groups in total. The van der Waals surface area contributed by atoms with E-state index < -0.39 is 26.6 Å². The van der Waals surface area contributed by atoms with Gasteiger partial charge in [0.25, 0.3) is 0 Å². The molecule has 100 valence electrons. The SMILES string of the molecule is CS(=O)(=O)CCS(=O)Cc1ncncc1C(=O)O. The van der Waals surface area contributed by atoms with Gasteiger partial charge in [-0.1, -0.05) is 0 Å². The van der Waals surface area contributed by atoms with E-state index in [-0.39, 0.29) is 28.5 Å². The van der Waals surface area contributed by atoms with E-state index in [1.165, 1.54) is 0 Å². The van der Waals surface area contributed by atoms with Crippen molar-refractivity contribution >= 4 is 26.6 Å². The highest BCUT2D eigenvalue weighted by Crippen LogP contribution is 2.07. The van der Waals surface area contributed by atoms with Crippen LogP contribution in [-0.2, 0) is 26.4 Å². The lowest BCUT2D eigenvalue weighted by atomic mass is 10.2. The van der Waals surface area contributed by atoms with Crippen molar-refractivity contribution in [2.75, 3.05) is 17.8 Å². The zero-order valence-corrected chi connectivity index (χ0v) is 11.2. The molecule has 1 aromatic heterocycles. The third-order valence-electron chi connectivity index (χ3n) is 2.00. The number of carboxylic acid groups (broad SMARTS) is 1. The summed E-state index contributed by atoms with van der Waals surface area (Å²) < 4.78 is 33.4. The van der Waals surface area contributed by atoms with Gasteiger partial charge in [-0.25, -0.2) is 23.2 Å². The Morgan fingerprint density at radius 1 is 1.50 bits per heavy atom. The van der Waals surface area contributed by atoms with Crippen LogP contribution in [0.25, 0.3) is 0 Å². The van der Waals surface area contributed by atoms with Crippen molar-refractivity contribution in [2.24, 2.45) is 0 Å². The minimum Gasteiger partial charge on any atom is -0.478 e. The summed E-state index contributed by atoms with van der Waals surface area (Å²) in [6, 6.07) is 0. The first-order valence-corrected chi connectivity index (χ1v) is 8.39. The van der Waals surface area contributed by atoms with Crippen LogP contribution in [0.1, 0.15) is 16.1 Å². The molecule has 0 aliphatic carbocycles. The molecular formula is C9H12N2O5S2. The molecule has 18 heavy (non-hydrogen) atoms. The third kappa shape index (κ3) is 4.88. The van der Waals surface area contributed by atoms with Crippen LogP contribution in [0.4, 0.5) is 0 Å². The molecule has 0 aliphatic rings. The monoisotopic (exact) mass is 292 g/mol. The molecule has 1 unspecified atom stereocenters. The number of rotatable bonds is 6. The average molecular weight is 292 g/mol. The minimum absolute atomic E-state index is 0.0398. The van der Waals surface area contributed by atoms with E-state index in [4.69, 9.17) is 5.11 Å². The lowest BCUT2D eigenvalue weighted by molar-refractivity contribution is 0.0695. The van der Waals surface area contributed by atoms with Gasteiger partial charge in [0.05, 0.1) is 17.2 Å². The van der Waals surface area contributed by atoms with E-state index >= 15 is 0 Å². The predicted octanol–water partition coefficient (Wildman–Crippen LogP) is -0.532. The van der Waals surface area contributed by atoms with E-state index in [2.05, 4.69) is 9.97 Å². The summed E-state index contributed by atoms with van der Waals surface area (Å²) in [5.41, 5.74) is 0.0227. The van der Waals surface area contributed by atoms with Gasteiger partial charge in [-0.3, -0.25) is 4.21 Å². The van der Waals surface area contributed by atoms with Gasteiger partial charge in [0.2, 0.25) is 0 Å². The highest BCUT2D eigenvalue weighted by molar-refractivity contribution is 7.92. The Bertz CT molecular complexity index is 570. The van der Waals surface area contributed by atoms with Crippen LogP contribution in [0.5, 0.6) is 0 Å². The molecule has 0 saturated carbocycles. The van der Waals surface area contributed by atoms with Gasteiger partial charge in [0, 0.05) is 29.0 Å². The number of carboxylic acids is 1. The van der Waals surface area contributed by atoms with Crippen LogP contribution >= 0.6 is 0 Å². The first-order chi connectivity index (χ1) is 8.29. The summed E-state index contributed by atoms with van der Waals surface area (Å²) in [5, 5.41) is 8.86. The quantitative estimate of drug-likeness (QED) is 0.749. The highest BCUT2D eigenvalue weighted by Gasteiger charge is 2.15. The largest absolute Gasteiger partial charge is 0.478 e. The van der Waals surface area contributed by atoms with Gasteiger partial charge in [-0.2, -0.15) is 0 Å². The molecule has 0 amide bonds. The maximum atomic E-state index is 11.6. The fourth-order valence-electron chi connectivity index (χ4n) is 1.12. The molecule has 0 spiro atoms. The average Bonchev–Trinajstić information content (AvgIpc) is 2.26. The van der Waals surface area contributed by atoms with Gasteiger partial charge in [0.15, 0.2) is 0 Å². The van der Waals surface area contributed by atoms with Crippen molar-refractivity contribution < 1.29 is 22.5 Å². The summed E-state index contributed by atoms with van der Waals surface area (Å²) in [4.78, 5) is 18.2.